The summed E-state index contributed by atoms with van der Waals surface area (Å²) in [7, 11) is 1.52. The Balaban J connectivity index is 2.48. The Kier molecular flexibility index (Phi) is 3.38. The van der Waals surface area contributed by atoms with Crippen LogP contribution in [0.4, 0.5) is 8.78 Å². The third-order valence-corrected chi connectivity index (χ3v) is 3.65. The van der Waals surface area contributed by atoms with Crippen LogP contribution in [-0.4, -0.2) is 29.9 Å². The number of rotatable bonds is 2. The van der Waals surface area contributed by atoms with Gasteiger partial charge in [0.2, 0.25) is 0 Å². The first-order valence-corrected chi connectivity index (χ1v) is 6.57. The van der Waals surface area contributed by atoms with Crippen molar-refractivity contribution in [1.82, 2.24) is 5.01 Å². The minimum Gasteiger partial charge on any atom is -0.272 e. The zero-order valence-electron chi connectivity index (χ0n) is 10.2. The van der Waals surface area contributed by atoms with Gasteiger partial charge in [0, 0.05) is 12.6 Å². The monoisotopic (exact) mass is 270 g/mol. The van der Waals surface area contributed by atoms with E-state index in [2.05, 4.69) is 5.10 Å². The SMILES string of the molecule is CSc1c(F)cc(C2=NN(C)C(=O)C2C)cc1F. The van der Waals surface area contributed by atoms with Crippen molar-refractivity contribution in [3.63, 3.8) is 0 Å². The van der Waals surface area contributed by atoms with Crippen molar-refractivity contribution in [1.29, 1.82) is 0 Å². The highest BCUT2D eigenvalue weighted by Gasteiger charge is 2.31. The largest absolute Gasteiger partial charge is 0.272 e. The van der Waals surface area contributed by atoms with Gasteiger partial charge in [0.1, 0.15) is 11.6 Å². The number of carbonyl (C=O) groups is 1. The molecule has 0 radical (unpaired) electrons. The Morgan fingerprint density at radius 2 is 1.89 bits per heavy atom. The van der Waals surface area contributed by atoms with Gasteiger partial charge >= 0.3 is 0 Å². The summed E-state index contributed by atoms with van der Waals surface area (Å²) in [6.07, 6.45) is 1.61. The molecule has 1 atom stereocenters. The number of carbonyl (C=O) groups excluding carboxylic acids is 1. The Hall–Kier alpha value is -1.43. The van der Waals surface area contributed by atoms with Gasteiger partial charge < -0.3 is 0 Å². The van der Waals surface area contributed by atoms with Crippen molar-refractivity contribution >= 4 is 23.4 Å². The predicted octanol–water partition coefficient (Wildman–Crippen LogP) is 2.50. The van der Waals surface area contributed by atoms with Gasteiger partial charge in [-0.3, -0.25) is 4.79 Å². The van der Waals surface area contributed by atoms with Crippen molar-refractivity contribution in [2.24, 2.45) is 11.0 Å². The first-order valence-electron chi connectivity index (χ1n) is 5.35. The summed E-state index contributed by atoms with van der Waals surface area (Å²) in [6, 6.07) is 2.44. The van der Waals surface area contributed by atoms with Crippen LogP contribution in [0, 0.1) is 17.6 Å². The van der Waals surface area contributed by atoms with Crippen LogP contribution in [-0.2, 0) is 4.79 Å². The average Bonchev–Trinajstić information content (AvgIpc) is 2.56. The van der Waals surface area contributed by atoms with Crippen molar-refractivity contribution in [2.75, 3.05) is 13.3 Å². The first kappa shape index (κ1) is 13.0. The second kappa shape index (κ2) is 4.68. The molecular weight excluding hydrogens is 258 g/mol. The summed E-state index contributed by atoms with van der Waals surface area (Å²) in [5.41, 5.74) is 0.709. The van der Waals surface area contributed by atoms with E-state index in [1.165, 1.54) is 24.2 Å². The maximum atomic E-state index is 13.7. The molecule has 0 aromatic heterocycles. The molecule has 96 valence electrons. The van der Waals surface area contributed by atoms with E-state index in [4.69, 9.17) is 0 Å². The van der Waals surface area contributed by atoms with Gasteiger partial charge in [-0.2, -0.15) is 5.10 Å². The molecule has 6 heteroatoms. The number of benzene rings is 1. The highest BCUT2D eigenvalue weighted by atomic mass is 32.2. The van der Waals surface area contributed by atoms with Crippen LogP contribution in [0.25, 0.3) is 0 Å². The third-order valence-electron chi connectivity index (χ3n) is 2.86. The van der Waals surface area contributed by atoms with Gasteiger partial charge in [-0.15, -0.1) is 11.8 Å². The van der Waals surface area contributed by atoms with Gasteiger partial charge in [0.25, 0.3) is 5.91 Å². The fraction of sp³-hybridized carbons (Fsp3) is 0.333. The average molecular weight is 270 g/mol. The first-order chi connectivity index (χ1) is 8.45. The molecule has 0 saturated heterocycles. The summed E-state index contributed by atoms with van der Waals surface area (Å²) in [5.74, 6) is -1.92. The zero-order valence-corrected chi connectivity index (χ0v) is 11.0. The van der Waals surface area contributed by atoms with Gasteiger partial charge in [-0.1, -0.05) is 0 Å². The van der Waals surface area contributed by atoms with Crippen molar-refractivity contribution < 1.29 is 13.6 Å². The smallest absolute Gasteiger partial charge is 0.251 e. The van der Waals surface area contributed by atoms with Crippen LogP contribution in [0.1, 0.15) is 12.5 Å². The Morgan fingerprint density at radius 3 is 2.28 bits per heavy atom. The van der Waals surface area contributed by atoms with E-state index in [0.29, 0.717) is 11.3 Å². The quantitative estimate of drug-likeness (QED) is 0.773. The minimum absolute atomic E-state index is 0.0234. The summed E-state index contributed by atoms with van der Waals surface area (Å²) in [6.45, 7) is 1.67. The van der Waals surface area contributed by atoms with E-state index in [1.54, 1.807) is 13.2 Å². The molecule has 0 fully saturated rings. The molecule has 0 bridgehead atoms. The topological polar surface area (TPSA) is 32.7 Å². The van der Waals surface area contributed by atoms with E-state index in [9.17, 15) is 13.6 Å². The van der Waals surface area contributed by atoms with E-state index in [1.807, 2.05) is 0 Å². The highest BCUT2D eigenvalue weighted by molar-refractivity contribution is 7.98. The Bertz CT molecular complexity index is 522. The molecule has 1 aliphatic rings. The summed E-state index contributed by atoms with van der Waals surface area (Å²) >= 11 is 1.01. The van der Waals surface area contributed by atoms with Crippen LogP contribution in [0.15, 0.2) is 22.1 Å². The lowest BCUT2D eigenvalue weighted by atomic mass is 9.98. The maximum Gasteiger partial charge on any atom is 0.251 e. The molecule has 0 aliphatic carbocycles. The Labute approximate surface area is 108 Å². The van der Waals surface area contributed by atoms with E-state index >= 15 is 0 Å². The second-order valence-electron chi connectivity index (χ2n) is 4.04. The molecule has 0 spiro atoms. The van der Waals surface area contributed by atoms with Crippen LogP contribution >= 0.6 is 11.8 Å². The minimum atomic E-state index is -0.630. The van der Waals surface area contributed by atoms with Crippen LogP contribution in [0.2, 0.25) is 0 Å². The third kappa shape index (κ3) is 2.01. The fourth-order valence-electron chi connectivity index (χ4n) is 1.91. The number of hydrazone groups is 1. The van der Waals surface area contributed by atoms with Crippen LogP contribution < -0.4 is 0 Å². The van der Waals surface area contributed by atoms with Crippen LogP contribution in [0.5, 0.6) is 0 Å². The van der Waals surface area contributed by atoms with Gasteiger partial charge in [0.05, 0.1) is 16.5 Å². The summed E-state index contributed by atoms with van der Waals surface area (Å²) < 4.78 is 27.3. The number of halogens is 2. The van der Waals surface area contributed by atoms with E-state index < -0.39 is 17.6 Å². The molecule has 0 N–H and O–H groups in total. The molecule has 1 aromatic rings. The van der Waals surface area contributed by atoms with Crippen LogP contribution in [0.3, 0.4) is 0 Å². The molecule has 2 rings (SSSR count). The summed E-state index contributed by atoms with van der Waals surface area (Å²) in [5, 5.41) is 5.21. The molecule has 1 amide bonds. The van der Waals surface area contributed by atoms with E-state index in [-0.39, 0.29) is 10.8 Å². The number of hydrogen-bond donors (Lipinski definition) is 0. The zero-order chi connectivity index (χ0) is 13.4. The molecule has 1 heterocycles. The highest BCUT2D eigenvalue weighted by Crippen LogP contribution is 2.27. The number of thioether (sulfide) groups is 1. The summed E-state index contributed by atoms with van der Waals surface area (Å²) in [4.78, 5) is 11.6. The number of nitrogens with zero attached hydrogens (tertiary/aromatic N) is 2. The molecule has 0 saturated carbocycles. The number of hydrogen-bond acceptors (Lipinski definition) is 3. The molecular formula is C12H12F2N2OS. The second-order valence-corrected chi connectivity index (χ2v) is 4.86. The van der Waals surface area contributed by atoms with Gasteiger partial charge in [0.15, 0.2) is 0 Å². The maximum absolute atomic E-state index is 13.7. The molecule has 18 heavy (non-hydrogen) atoms. The molecule has 3 nitrogen and oxygen atoms in total. The van der Waals surface area contributed by atoms with Crippen molar-refractivity contribution in [2.45, 2.75) is 11.8 Å². The van der Waals surface area contributed by atoms with Crippen molar-refractivity contribution in [3.05, 3.63) is 29.3 Å². The van der Waals surface area contributed by atoms with E-state index in [0.717, 1.165) is 11.8 Å². The lowest BCUT2D eigenvalue weighted by molar-refractivity contribution is -0.130. The lowest BCUT2D eigenvalue weighted by Gasteiger charge is -2.07. The Morgan fingerprint density at radius 1 is 1.33 bits per heavy atom. The van der Waals surface area contributed by atoms with Gasteiger partial charge in [-0.25, -0.2) is 13.8 Å². The molecule has 1 aliphatic heterocycles. The fourth-order valence-corrected chi connectivity index (χ4v) is 2.41. The van der Waals surface area contributed by atoms with Gasteiger partial charge in [-0.05, 0) is 25.3 Å². The molecule has 1 aromatic carbocycles. The molecule has 1 unspecified atom stereocenters. The lowest BCUT2D eigenvalue weighted by Crippen LogP contribution is -2.22. The number of amides is 1. The predicted molar refractivity (Wildman–Crippen MR) is 66.6 cm³/mol. The normalized spacial score (nSPS) is 19.4. The standard InChI is InChI=1S/C12H12F2N2OS/c1-6-10(15-16(2)12(6)17)7-4-8(13)11(18-3)9(14)5-7/h4-6H,1-3H3. The van der Waals surface area contributed by atoms with Crippen molar-refractivity contribution in [3.8, 4) is 0 Å².